The summed E-state index contributed by atoms with van der Waals surface area (Å²) in [5.74, 6) is -3.35. The Bertz CT molecular complexity index is 614. The van der Waals surface area contributed by atoms with Crippen molar-refractivity contribution in [3.05, 3.63) is 24.3 Å². The first-order valence-corrected chi connectivity index (χ1v) is 7.02. The Morgan fingerprint density at radius 2 is 2.17 bits per heavy atom. The van der Waals surface area contributed by atoms with Crippen LogP contribution in [0, 0.1) is 0 Å². The van der Waals surface area contributed by atoms with Gasteiger partial charge in [0.25, 0.3) is 5.92 Å². The fraction of sp³-hybridized carbons (Fsp3) is 0.429. The number of anilines is 2. The fourth-order valence-corrected chi connectivity index (χ4v) is 2.60. The van der Waals surface area contributed by atoms with E-state index in [0.29, 0.717) is 24.5 Å². The molecule has 2 saturated heterocycles. The maximum Gasteiger partial charge on any atom is 0.321 e. The molecule has 3 amide bonds. The second-order valence-corrected chi connectivity index (χ2v) is 5.42. The van der Waals surface area contributed by atoms with Gasteiger partial charge in [-0.25, -0.2) is 13.6 Å². The van der Waals surface area contributed by atoms with Gasteiger partial charge in [-0.1, -0.05) is 6.07 Å². The Hall–Kier alpha value is -1.93. The molecule has 9 heteroatoms. The van der Waals surface area contributed by atoms with Gasteiger partial charge in [0.05, 0.1) is 12.6 Å². The van der Waals surface area contributed by atoms with Crippen LogP contribution < -0.4 is 20.9 Å². The minimum atomic E-state index is -2.85. The highest BCUT2D eigenvalue weighted by atomic mass is 35.5. The number of benzene rings is 1. The zero-order chi connectivity index (χ0) is 15.7. The largest absolute Gasteiger partial charge is 0.336 e. The summed E-state index contributed by atoms with van der Waals surface area (Å²) in [6.07, 6.45) is -0.507. The van der Waals surface area contributed by atoms with Gasteiger partial charge < -0.3 is 10.6 Å². The lowest BCUT2D eigenvalue weighted by atomic mass is 10.1. The number of nitrogens with zero attached hydrogens (tertiary/aromatic N) is 1. The topological polar surface area (TPSA) is 73.5 Å². The van der Waals surface area contributed by atoms with Crippen LogP contribution in [0.15, 0.2) is 24.3 Å². The second kappa shape index (κ2) is 6.67. The third-order valence-corrected chi connectivity index (χ3v) is 3.71. The summed E-state index contributed by atoms with van der Waals surface area (Å²) in [6, 6.07) is 5.66. The maximum atomic E-state index is 13.1. The van der Waals surface area contributed by atoms with Gasteiger partial charge in [-0.3, -0.25) is 15.0 Å². The average molecular weight is 347 g/mol. The van der Waals surface area contributed by atoms with E-state index in [4.69, 9.17) is 0 Å². The first kappa shape index (κ1) is 17.4. The summed E-state index contributed by atoms with van der Waals surface area (Å²) in [6.45, 7) is 0.627. The minimum Gasteiger partial charge on any atom is -0.336 e. The molecule has 1 aromatic carbocycles. The Kier molecular flexibility index (Phi) is 5.06. The van der Waals surface area contributed by atoms with Crippen molar-refractivity contribution < 1.29 is 18.4 Å². The van der Waals surface area contributed by atoms with E-state index in [1.807, 2.05) is 0 Å². The van der Waals surface area contributed by atoms with Crippen LogP contribution in [0.2, 0.25) is 0 Å². The number of amides is 3. The SMILES string of the molecule is Cl.O=C(Nc1cccc(N2CCNC2=O)c1)C1CC(F)(F)CN1. The predicted octanol–water partition coefficient (Wildman–Crippen LogP) is 1.57. The standard InChI is InChI=1S/C14H16F2N4O2.ClH/c15-14(16)7-11(18-8-14)12(21)19-9-2-1-3-10(6-9)20-5-4-17-13(20)22;/h1-3,6,11,18H,4-5,7-8H2,(H,17,22)(H,19,21);1H. The van der Waals surface area contributed by atoms with Gasteiger partial charge in [0.1, 0.15) is 0 Å². The van der Waals surface area contributed by atoms with Crippen LogP contribution in [0.4, 0.5) is 25.0 Å². The van der Waals surface area contributed by atoms with E-state index in [9.17, 15) is 18.4 Å². The summed E-state index contributed by atoms with van der Waals surface area (Å²) in [7, 11) is 0. The van der Waals surface area contributed by atoms with Crippen molar-refractivity contribution in [2.24, 2.45) is 0 Å². The van der Waals surface area contributed by atoms with Gasteiger partial charge in [-0.2, -0.15) is 0 Å². The van der Waals surface area contributed by atoms with Gasteiger partial charge in [-0.15, -0.1) is 12.4 Å². The van der Waals surface area contributed by atoms with Crippen molar-refractivity contribution in [2.45, 2.75) is 18.4 Å². The maximum absolute atomic E-state index is 13.1. The number of halogens is 3. The first-order valence-electron chi connectivity index (χ1n) is 7.02. The highest BCUT2D eigenvalue weighted by Gasteiger charge is 2.42. The monoisotopic (exact) mass is 346 g/mol. The molecule has 126 valence electrons. The van der Waals surface area contributed by atoms with Gasteiger partial charge in [-0.05, 0) is 18.2 Å². The Morgan fingerprint density at radius 3 is 2.78 bits per heavy atom. The molecule has 3 rings (SSSR count). The zero-order valence-electron chi connectivity index (χ0n) is 12.1. The molecule has 0 spiro atoms. The fourth-order valence-electron chi connectivity index (χ4n) is 2.60. The Labute approximate surface area is 138 Å². The van der Waals surface area contributed by atoms with Crippen LogP contribution in [0.5, 0.6) is 0 Å². The highest BCUT2D eigenvalue weighted by molar-refractivity contribution is 5.97. The highest BCUT2D eigenvalue weighted by Crippen LogP contribution is 2.26. The third-order valence-electron chi connectivity index (χ3n) is 3.71. The molecule has 2 heterocycles. The normalized spacial score (nSPS) is 22.4. The summed E-state index contributed by atoms with van der Waals surface area (Å²) in [4.78, 5) is 25.2. The van der Waals surface area contributed by atoms with Crippen molar-refractivity contribution in [3.8, 4) is 0 Å². The van der Waals surface area contributed by atoms with Crippen molar-refractivity contribution in [1.29, 1.82) is 0 Å². The molecule has 23 heavy (non-hydrogen) atoms. The van der Waals surface area contributed by atoms with Crippen LogP contribution in [0.1, 0.15) is 6.42 Å². The minimum absolute atomic E-state index is 0. The van der Waals surface area contributed by atoms with Gasteiger partial charge >= 0.3 is 6.03 Å². The molecule has 0 bridgehead atoms. The number of hydrogen-bond acceptors (Lipinski definition) is 3. The number of carbonyl (C=O) groups excluding carboxylic acids is 2. The lowest BCUT2D eigenvalue weighted by Gasteiger charge is -2.16. The Morgan fingerprint density at radius 1 is 1.39 bits per heavy atom. The number of alkyl halides is 2. The smallest absolute Gasteiger partial charge is 0.321 e. The molecule has 1 unspecified atom stereocenters. The molecule has 6 nitrogen and oxygen atoms in total. The number of nitrogens with one attached hydrogen (secondary N) is 3. The van der Waals surface area contributed by atoms with Crippen LogP contribution in [0.3, 0.4) is 0 Å². The van der Waals surface area contributed by atoms with E-state index < -0.39 is 30.8 Å². The average Bonchev–Trinajstić information content (AvgIpc) is 3.05. The van der Waals surface area contributed by atoms with Crippen molar-refractivity contribution in [1.82, 2.24) is 10.6 Å². The third kappa shape index (κ3) is 3.89. The zero-order valence-corrected chi connectivity index (χ0v) is 13.0. The summed E-state index contributed by atoms with van der Waals surface area (Å²) in [5, 5.41) is 7.80. The molecule has 2 aliphatic heterocycles. The van der Waals surface area contributed by atoms with E-state index in [-0.39, 0.29) is 18.4 Å². The van der Waals surface area contributed by atoms with E-state index in [1.54, 1.807) is 29.2 Å². The van der Waals surface area contributed by atoms with Gasteiger partial charge in [0.2, 0.25) is 5.91 Å². The quantitative estimate of drug-likeness (QED) is 0.778. The first-order chi connectivity index (χ1) is 10.4. The number of rotatable bonds is 3. The van der Waals surface area contributed by atoms with Crippen molar-refractivity contribution in [2.75, 3.05) is 29.9 Å². The van der Waals surface area contributed by atoms with Gasteiger partial charge in [0.15, 0.2) is 0 Å². The van der Waals surface area contributed by atoms with E-state index in [1.165, 1.54) is 0 Å². The molecule has 2 aliphatic rings. The molecule has 0 saturated carbocycles. The van der Waals surface area contributed by atoms with Crippen molar-refractivity contribution in [3.63, 3.8) is 0 Å². The predicted molar refractivity (Wildman–Crippen MR) is 84.4 cm³/mol. The summed E-state index contributed by atoms with van der Waals surface area (Å²) < 4.78 is 26.2. The van der Waals surface area contributed by atoms with Gasteiger partial charge in [0, 0.05) is 30.9 Å². The molecule has 0 aliphatic carbocycles. The van der Waals surface area contributed by atoms with E-state index in [0.717, 1.165) is 0 Å². The number of urea groups is 1. The molecule has 3 N–H and O–H groups in total. The molecule has 0 aromatic heterocycles. The van der Waals surface area contributed by atoms with Crippen LogP contribution in [-0.4, -0.2) is 43.5 Å². The van der Waals surface area contributed by atoms with Crippen molar-refractivity contribution >= 4 is 35.7 Å². The summed E-state index contributed by atoms with van der Waals surface area (Å²) in [5.41, 5.74) is 1.12. The lowest BCUT2D eigenvalue weighted by Crippen LogP contribution is -2.35. The second-order valence-electron chi connectivity index (χ2n) is 5.42. The molecular weight excluding hydrogens is 330 g/mol. The van der Waals surface area contributed by atoms with Crippen LogP contribution >= 0.6 is 12.4 Å². The van der Waals surface area contributed by atoms with Crippen LogP contribution in [-0.2, 0) is 4.79 Å². The van der Waals surface area contributed by atoms with E-state index in [2.05, 4.69) is 16.0 Å². The molecule has 1 atom stereocenters. The van der Waals surface area contributed by atoms with Crippen LogP contribution in [0.25, 0.3) is 0 Å². The molecule has 1 aromatic rings. The molecule has 0 radical (unpaired) electrons. The summed E-state index contributed by atoms with van der Waals surface area (Å²) >= 11 is 0. The number of carbonyl (C=O) groups is 2. The number of hydrogen-bond donors (Lipinski definition) is 3. The Balaban J connectivity index is 0.00000192. The van der Waals surface area contributed by atoms with E-state index >= 15 is 0 Å². The molecule has 2 fully saturated rings. The lowest BCUT2D eigenvalue weighted by molar-refractivity contribution is -0.118. The molecular formula is C14H17ClF2N4O2.